The van der Waals surface area contributed by atoms with Crippen LogP contribution in [0.15, 0.2) is 4.99 Å². The van der Waals surface area contributed by atoms with Gasteiger partial charge in [0.2, 0.25) is 0 Å². The number of likely N-dealkylation sites (tertiary alicyclic amines) is 1. The highest BCUT2D eigenvalue weighted by atomic mass is 16.5. The van der Waals surface area contributed by atoms with Crippen molar-refractivity contribution in [2.75, 3.05) is 53.0 Å². The second-order valence-electron chi connectivity index (χ2n) is 5.04. The van der Waals surface area contributed by atoms with E-state index in [0.29, 0.717) is 0 Å². The highest BCUT2D eigenvalue weighted by Gasteiger charge is 2.20. The number of ether oxygens (including phenoxy) is 1. The zero-order valence-electron chi connectivity index (χ0n) is 12.7. The molecule has 19 heavy (non-hydrogen) atoms. The predicted octanol–water partition coefficient (Wildman–Crippen LogP) is 0.920. The Kier molecular flexibility index (Phi) is 8.58. The standard InChI is InChI=1S/C14H30N4O/c1-4-15-14(16-8-6-10-19-3)17-11-13-7-9-18(5-2)12-13/h13H,4-12H2,1-3H3,(H2,15,16,17). The van der Waals surface area contributed by atoms with E-state index in [1.165, 1.54) is 19.5 Å². The molecular weight excluding hydrogens is 240 g/mol. The van der Waals surface area contributed by atoms with Crippen molar-refractivity contribution in [1.82, 2.24) is 15.5 Å². The van der Waals surface area contributed by atoms with E-state index in [2.05, 4.69) is 34.4 Å². The van der Waals surface area contributed by atoms with Crippen LogP contribution in [0.5, 0.6) is 0 Å². The molecule has 1 aliphatic rings. The maximum absolute atomic E-state index is 5.04. The van der Waals surface area contributed by atoms with Crippen molar-refractivity contribution < 1.29 is 4.74 Å². The minimum Gasteiger partial charge on any atom is -0.385 e. The first-order valence-corrected chi connectivity index (χ1v) is 7.53. The Hall–Kier alpha value is -0.810. The highest BCUT2D eigenvalue weighted by molar-refractivity contribution is 5.79. The van der Waals surface area contributed by atoms with Crippen LogP contribution in [0.25, 0.3) is 0 Å². The molecule has 0 aliphatic carbocycles. The lowest BCUT2D eigenvalue weighted by molar-refractivity contribution is 0.195. The Morgan fingerprint density at radius 1 is 1.37 bits per heavy atom. The van der Waals surface area contributed by atoms with Gasteiger partial charge in [-0.3, -0.25) is 4.99 Å². The molecule has 0 radical (unpaired) electrons. The number of hydrogen-bond donors (Lipinski definition) is 2. The molecule has 2 N–H and O–H groups in total. The second kappa shape index (κ2) is 10.0. The van der Waals surface area contributed by atoms with Gasteiger partial charge in [0.05, 0.1) is 0 Å². The summed E-state index contributed by atoms with van der Waals surface area (Å²) in [7, 11) is 1.73. The fourth-order valence-corrected chi connectivity index (χ4v) is 2.33. The summed E-state index contributed by atoms with van der Waals surface area (Å²) in [5.41, 5.74) is 0. The minimum atomic E-state index is 0.717. The molecule has 1 aliphatic heterocycles. The normalized spacial score (nSPS) is 20.8. The average molecular weight is 270 g/mol. The topological polar surface area (TPSA) is 48.9 Å². The summed E-state index contributed by atoms with van der Waals surface area (Å²) >= 11 is 0. The number of rotatable bonds is 8. The Balaban J connectivity index is 2.27. The Morgan fingerprint density at radius 2 is 2.21 bits per heavy atom. The first kappa shape index (κ1) is 16.2. The van der Waals surface area contributed by atoms with Gasteiger partial charge in [0.1, 0.15) is 0 Å². The second-order valence-corrected chi connectivity index (χ2v) is 5.04. The number of guanidine groups is 1. The van der Waals surface area contributed by atoms with E-state index < -0.39 is 0 Å². The highest BCUT2D eigenvalue weighted by Crippen LogP contribution is 2.15. The van der Waals surface area contributed by atoms with Gasteiger partial charge in [-0.25, -0.2) is 0 Å². The van der Waals surface area contributed by atoms with Gasteiger partial charge in [0.25, 0.3) is 0 Å². The van der Waals surface area contributed by atoms with Crippen molar-refractivity contribution in [2.45, 2.75) is 26.7 Å². The van der Waals surface area contributed by atoms with Crippen LogP contribution in [0, 0.1) is 5.92 Å². The zero-order valence-corrected chi connectivity index (χ0v) is 12.7. The third kappa shape index (κ3) is 6.78. The van der Waals surface area contributed by atoms with E-state index in [4.69, 9.17) is 4.74 Å². The number of hydrogen-bond acceptors (Lipinski definition) is 3. The van der Waals surface area contributed by atoms with Gasteiger partial charge in [-0.1, -0.05) is 6.92 Å². The molecule has 1 fully saturated rings. The van der Waals surface area contributed by atoms with Gasteiger partial charge >= 0.3 is 0 Å². The molecular formula is C14H30N4O. The van der Waals surface area contributed by atoms with E-state index in [1.54, 1.807) is 7.11 Å². The van der Waals surface area contributed by atoms with E-state index in [1.807, 2.05) is 0 Å². The van der Waals surface area contributed by atoms with Gasteiger partial charge < -0.3 is 20.3 Å². The Bertz CT molecular complexity index is 258. The molecule has 1 atom stereocenters. The summed E-state index contributed by atoms with van der Waals surface area (Å²) in [5.74, 6) is 1.66. The predicted molar refractivity (Wildman–Crippen MR) is 80.7 cm³/mol. The Morgan fingerprint density at radius 3 is 2.84 bits per heavy atom. The number of methoxy groups -OCH3 is 1. The summed E-state index contributed by atoms with van der Waals surface area (Å²) in [6.45, 7) is 11.4. The fourth-order valence-electron chi connectivity index (χ4n) is 2.33. The first-order valence-electron chi connectivity index (χ1n) is 7.53. The van der Waals surface area contributed by atoms with Crippen LogP contribution in [0.4, 0.5) is 0 Å². The molecule has 5 nitrogen and oxygen atoms in total. The summed E-state index contributed by atoms with van der Waals surface area (Å²) in [6, 6.07) is 0. The van der Waals surface area contributed by atoms with Crippen LogP contribution in [-0.4, -0.2) is 63.8 Å². The lowest BCUT2D eigenvalue weighted by atomic mass is 10.1. The quantitative estimate of drug-likeness (QED) is 0.391. The van der Waals surface area contributed by atoms with E-state index >= 15 is 0 Å². The van der Waals surface area contributed by atoms with E-state index in [0.717, 1.165) is 51.1 Å². The lowest BCUT2D eigenvalue weighted by Gasteiger charge is -2.14. The molecule has 0 aromatic rings. The molecule has 0 aromatic heterocycles. The molecule has 0 spiro atoms. The van der Waals surface area contributed by atoms with Crippen molar-refractivity contribution in [2.24, 2.45) is 10.9 Å². The maximum Gasteiger partial charge on any atom is 0.191 e. The summed E-state index contributed by atoms with van der Waals surface area (Å²) in [6.07, 6.45) is 2.29. The van der Waals surface area contributed by atoms with Crippen LogP contribution in [0.2, 0.25) is 0 Å². The molecule has 0 amide bonds. The van der Waals surface area contributed by atoms with Gasteiger partial charge in [-0.15, -0.1) is 0 Å². The van der Waals surface area contributed by atoms with Gasteiger partial charge in [0.15, 0.2) is 5.96 Å². The molecule has 5 heteroatoms. The smallest absolute Gasteiger partial charge is 0.191 e. The molecule has 0 bridgehead atoms. The molecule has 1 unspecified atom stereocenters. The molecule has 1 heterocycles. The largest absolute Gasteiger partial charge is 0.385 e. The lowest BCUT2D eigenvalue weighted by Crippen LogP contribution is -2.38. The van der Waals surface area contributed by atoms with Gasteiger partial charge in [-0.05, 0) is 38.8 Å². The Labute approximate surface area is 117 Å². The van der Waals surface area contributed by atoms with Crippen molar-refractivity contribution >= 4 is 5.96 Å². The summed E-state index contributed by atoms with van der Waals surface area (Å²) in [5, 5.41) is 6.64. The number of nitrogens with zero attached hydrogens (tertiary/aromatic N) is 2. The third-order valence-electron chi connectivity index (χ3n) is 3.49. The molecule has 0 aromatic carbocycles. The van der Waals surface area contributed by atoms with Crippen molar-refractivity contribution in [3.8, 4) is 0 Å². The molecule has 1 rings (SSSR count). The zero-order chi connectivity index (χ0) is 13.9. The minimum absolute atomic E-state index is 0.717. The number of aliphatic imine (C=N–C) groups is 1. The maximum atomic E-state index is 5.04. The first-order chi connectivity index (χ1) is 9.30. The fraction of sp³-hybridized carbons (Fsp3) is 0.929. The van der Waals surface area contributed by atoms with Crippen molar-refractivity contribution in [3.63, 3.8) is 0 Å². The third-order valence-corrected chi connectivity index (χ3v) is 3.49. The van der Waals surface area contributed by atoms with Crippen LogP contribution in [0.3, 0.4) is 0 Å². The summed E-state index contributed by atoms with van der Waals surface area (Å²) < 4.78 is 5.04. The SMILES string of the molecule is CCNC(=NCC1CCN(CC)C1)NCCCOC. The monoisotopic (exact) mass is 270 g/mol. The molecule has 112 valence electrons. The van der Waals surface area contributed by atoms with Crippen molar-refractivity contribution in [1.29, 1.82) is 0 Å². The van der Waals surface area contributed by atoms with E-state index in [-0.39, 0.29) is 0 Å². The average Bonchev–Trinajstić information content (AvgIpc) is 2.88. The molecule has 0 saturated carbocycles. The van der Waals surface area contributed by atoms with Crippen molar-refractivity contribution in [3.05, 3.63) is 0 Å². The van der Waals surface area contributed by atoms with Crippen LogP contribution < -0.4 is 10.6 Å². The number of nitrogens with one attached hydrogen (secondary N) is 2. The van der Waals surface area contributed by atoms with Crippen LogP contribution in [0.1, 0.15) is 26.7 Å². The van der Waals surface area contributed by atoms with Crippen LogP contribution >= 0.6 is 0 Å². The van der Waals surface area contributed by atoms with E-state index in [9.17, 15) is 0 Å². The summed E-state index contributed by atoms with van der Waals surface area (Å²) in [4.78, 5) is 7.19. The van der Waals surface area contributed by atoms with Crippen LogP contribution in [-0.2, 0) is 4.74 Å². The molecule has 1 saturated heterocycles. The van der Waals surface area contributed by atoms with Gasteiger partial charge in [0, 0.05) is 39.9 Å². The van der Waals surface area contributed by atoms with Gasteiger partial charge in [-0.2, -0.15) is 0 Å².